The molecule has 5 aromatic rings. The number of hydrogen-bond donors (Lipinski definition) is 1. The van der Waals surface area contributed by atoms with E-state index in [0.717, 1.165) is 39.4 Å². The minimum atomic E-state index is 0.654. The molecule has 0 saturated carbocycles. The third-order valence-corrected chi connectivity index (χ3v) is 4.82. The molecule has 140 valence electrons. The number of rotatable bonds is 5. The normalized spacial score (nSPS) is 10.9. The molecule has 0 fully saturated rings. The molecule has 0 saturated heterocycles. The molecule has 3 heterocycles. The van der Waals surface area contributed by atoms with Crippen LogP contribution in [0.5, 0.6) is 0 Å². The quantitative estimate of drug-likeness (QED) is 0.465. The number of fused-ring (bicyclic) bond motifs is 1. The molecule has 3 aromatic heterocycles. The molecule has 0 atom stereocenters. The van der Waals surface area contributed by atoms with Crippen LogP contribution in [0.25, 0.3) is 28.0 Å². The third-order valence-electron chi connectivity index (χ3n) is 4.82. The lowest BCUT2D eigenvalue weighted by Gasteiger charge is -2.11. The number of hydrogen-bond acceptors (Lipinski definition) is 4. The fourth-order valence-electron chi connectivity index (χ4n) is 3.36. The van der Waals surface area contributed by atoms with Crippen molar-refractivity contribution in [3.8, 4) is 22.4 Å². The Labute approximate surface area is 168 Å². The van der Waals surface area contributed by atoms with Gasteiger partial charge in [0.25, 0.3) is 0 Å². The summed E-state index contributed by atoms with van der Waals surface area (Å²) in [6, 6.07) is 26.5. The SMILES string of the molecule is c1ccc(-c2cc(NCc3cccnc3)n3ncc(-c4ccccc4)c3n2)cc1. The maximum Gasteiger partial charge on any atom is 0.165 e. The van der Waals surface area contributed by atoms with E-state index in [4.69, 9.17) is 4.98 Å². The Balaban J connectivity index is 1.63. The van der Waals surface area contributed by atoms with Crippen molar-refractivity contribution in [3.05, 3.63) is 103 Å². The molecule has 29 heavy (non-hydrogen) atoms. The molecule has 5 heteroatoms. The van der Waals surface area contributed by atoms with Crippen LogP contribution >= 0.6 is 0 Å². The molecule has 0 spiro atoms. The van der Waals surface area contributed by atoms with Crippen LogP contribution < -0.4 is 5.32 Å². The molecule has 0 bridgehead atoms. The summed E-state index contributed by atoms with van der Waals surface area (Å²) in [6.45, 7) is 0.654. The topological polar surface area (TPSA) is 55.1 Å². The fraction of sp³-hybridized carbons (Fsp3) is 0.0417. The van der Waals surface area contributed by atoms with Crippen molar-refractivity contribution in [2.24, 2.45) is 0 Å². The lowest BCUT2D eigenvalue weighted by Crippen LogP contribution is -2.07. The van der Waals surface area contributed by atoms with Gasteiger partial charge in [0.1, 0.15) is 5.82 Å². The van der Waals surface area contributed by atoms with Gasteiger partial charge in [-0.2, -0.15) is 9.61 Å². The number of aromatic nitrogens is 4. The van der Waals surface area contributed by atoms with Gasteiger partial charge >= 0.3 is 0 Å². The monoisotopic (exact) mass is 377 g/mol. The minimum absolute atomic E-state index is 0.654. The van der Waals surface area contributed by atoms with Gasteiger partial charge in [0.15, 0.2) is 5.65 Å². The molecular formula is C24H19N5. The number of nitrogens with one attached hydrogen (secondary N) is 1. The Morgan fingerprint density at radius 3 is 2.28 bits per heavy atom. The lowest BCUT2D eigenvalue weighted by molar-refractivity contribution is 0.925. The van der Waals surface area contributed by atoms with Crippen molar-refractivity contribution in [2.45, 2.75) is 6.54 Å². The van der Waals surface area contributed by atoms with Gasteiger partial charge in [-0.05, 0) is 17.2 Å². The first-order valence-corrected chi connectivity index (χ1v) is 9.51. The standard InChI is InChI=1S/C24H19N5/c1-3-9-19(10-4-1)21-17-27-29-23(26-16-18-8-7-13-25-15-18)14-22(28-24(21)29)20-11-5-2-6-12-20/h1-15,17,26H,16H2. The largest absolute Gasteiger partial charge is 0.366 e. The van der Waals surface area contributed by atoms with E-state index in [1.54, 1.807) is 6.20 Å². The van der Waals surface area contributed by atoms with Gasteiger partial charge in [-0.3, -0.25) is 4.98 Å². The predicted octanol–water partition coefficient (Wildman–Crippen LogP) is 5.07. The van der Waals surface area contributed by atoms with Crippen molar-refractivity contribution in [2.75, 3.05) is 5.32 Å². The van der Waals surface area contributed by atoms with E-state index in [0.29, 0.717) is 6.54 Å². The number of nitrogens with zero attached hydrogens (tertiary/aromatic N) is 4. The van der Waals surface area contributed by atoms with Crippen LogP contribution in [-0.2, 0) is 6.54 Å². The van der Waals surface area contributed by atoms with E-state index >= 15 is 0 Å². The van der Waals surface area contributed by atoms with E-state index in [-0.39, 0.29) is 0 Å². The maximum absolute atomic E-state index is 4.95. The Morgan fingerprint density at radius 1 is 0.793 bits per heavy atom. The first kappa shape index (κ1) is 17.1. The molecule has 5 nitrogen and oxygen atoms in total. The lowest BCUT2D eigenvalue weighted by atomic mass is 10.1. The van der Waals surface area contributed by atoms with Crippen LogP contribution in [0.4, 0.5) is 5.82 Å². The van der Waals surface area contributed by atoms with Crippen LogP contribution in [-0.4, -0.2) is 19.6 Å². The summed E-state index contributed by atoms with van der Waals surface area (Å²) in [5, 5.41) is 8.12. The summed E-state index contributed by atoms with van der Waals surface area (Å²) >= 11 is 0. The highest BCUT2D eigenvalue weighted by atomic mass is 15.3. The molecule has 1 N–H and O–H groups in total. The summed E-state index contributed by atoms with van der Waals surface area (Å²) in [5.41, 5.74) is 6.01. The summed E-state index contributed by atoms with van der Waals surface area (Å²) in [5.74, 6) is 0.889. The zero-order chi connectivity index (χ0) is 19.5. The molecule has 0 aliphatic rings. The Bertz CT molecular complexity index is 1230. The molecular weight excluding hydrogens is 358 g/mol. The Hall–Kier alpha value is -3.99. The average molecular weight is 377 g/mol. The second-order valence-electron chi connectivity index (χ2n) is 6.77. The molecule has 0 aliphatic carbocycles. The zero-order valence-corrected chi connectivity index (χ0v) is 15.7. The first-order valence-electron chi connectivity index (χ1n) is 9.51. The van der Waals surface area contributed by atoms with E-state index in [9.17, 15) is 0 Å². The van der Waals surface area contributed by atoms with E-state index in [1.807, 2.05) is 65.4 Å². The highest BCUT2D eigenvalue weighted by Gasteiger charge is 2.14. The summed E-state index contributed by atoms with van der Waals surface area (Å²) in [6.07, 6.45) is 5.52. The van der Waals surface area contributed by atoms with Crippen molar-refractivity contribution in [1.29, 1.82) is 0 Å². The van der Waals surface area contributed by atoms with Crippen LogP contribution in [0, 0.1) is 0 Å². The number of pyridine rings is 1. The summed E-state index contributed by atoms with van der Waals surface area (Å²) in [7, 11) is 0. The molecule has 5 rings (SSSR count). The second kappa shape index (κ2) is 7.56. The van der Waals surface area contributed by atoms with Gasteiger partial charge in [0, 0.05) is 36.1 Å². The van der Waals surface area contributed by atoms with E-state index < -0.39 is 0 Å². The first-order chi connectivity index (χ1) is 14.4. The molecule has 0 aliphatic heterocycles. The van der Waals surface area contributed by atoms with Gasteiger partial charge in [0.2, 0.25) is 0 Å². The van der Waals surface area contributed by atoms with E-state index in [1.165, 1.54) is 0 Å². The highest BCUT2D eigenvalue weighted by Crippen LogP contribution is 2.29. The van der Waals surface area contributed by atoms with Crippen molar-refractivity contribution < 1.29 is 0 Å². The van der Waals surface area contributed by atoms with Gasteiger partial charge in [0.05, 0.1) is 11.9 Å². The number of anilines is 1. The summed E-state index contributed by atoms with van der Waals surface area (Å²) in [4.78, 5) is 9.14. The van der Waals surface area contributed by atoms with Crippen LogP contribution in [0.15, 0.2) is 97.5 Å². The van der Waals surface area contributed by atoms with Crippen LogP contribution in [0.2, 0.25) is 0 Å². The van der Waals surface area contributed by atoms with Gasteiger partial charge in [-0.25, -0.2) is 4.98 Å². The van der Waals surface area contributed by atoms with Crippen molar-refractivity contribution in [1.82, 2.24) is 19.6 Å². The number of benzene rings is 2. The van der Waals surface area contributed by atoms with Crippen molar-refractivity contribution >= 4 is 11.5 Å². The molecule has 0 amide bonds. The van der Waals surface area contributed by atoms with Gasteiger partial charge < -0.3 is 5.32 Å². The van der Waals surface area contributed by atoms with Gasteiger partial charge in [-0.1, -0.05) is 66.7 Å². The smallest absolute Gasteiger partial charge is 0.165 e. The van der Waals surface area contributed by atoms with Gasteiger partial charge in [-0.15, -0.1) is 0 Å². The van der Waals surface area contributed by atoms with Crippen LogP contribution in [0.1, 0.15) is 5.56 Å². The Kier molecular flexibility index (Phi) is 4.47. The predicted molar refractivity (Wildman–Crippen MR) is 115 cm³/mol. The molecule has 0 unspecified atom stereocenters. The summed E-state index contributed by atoms with van der Waals surface area (Å²) < 4.78 is 1.87. The zero-order valence-electron chi connectivity index (χ0n) is 15.7. The van der Waals surface area contributed by atoms with E-state index in [2.05, 4.69) is 45.7 Å². The third kappa shape index (κ3) is 3.46. The highest BCUT2D eigenvalue weighted by molar-refractivity contribution is 5.80. The average Bonchev–Trinajstić information content (AvgIpc) is 3.23. The molecule has 2 aromatic carbocycles. The Morgan fingerprint density at radius 2 is 1.55 bits per heavy atom. The fourth-order valence-corrected chi connectivity index (χ4v) is 3.36. The van der Waals surface area contributed by atoms with Crippen molar-refractivity contribution in [3.63, 3.8) is 0 Å². The second-order valence-corrected chi connectivity index (χ2v) is 6.77. The molecule has 0 radical (unpaired) electrons. The minimum Gasteiger partial charge on any atom is -0.366 e. The van der Waals surface area contributed by atoms with Crippen LogP contribution in [0.3, 0.4) is 0 Å². The maximum atomic E-state index is 4.95.